The van der Waals surface area contributed by atoms with E-state index in [1.54, 1.807) is 18.2 Å². The maximum Gasteiger partial charge on any atom is 0.256 e. The van der Waals surface area contributed by atoms with Gasteiger partial charge in [-0.1, -0.05) is 0 Å². The number of halogens is 2. The van der Waals surface area contributed by atoms with E-state index in [4.69, 9.17) is 0 Å². The summed E-state index contributed by atoms with van der Waals surface area (Å²) in [4.78, 5) is 16.2. The van der Waals surface area contributed by atoms with Crippen LogP contribution in [0.15, 0.2) is 34.8 Å². The number of amides is 1. The second-order valence-corrected chi connectivity index (χ2v) is 5.90. The van der Waals surface area contributed by atoms with Crippen molar-refractivity contribution < 1.29 is 9.90 Å². The Morgan fingerprint density at radius 1 is 1.37 bits per heavy atom. The van der Waals surface area contributed by atoms with Crippen molar-refractivity contribution in [3.05, 3.63) is 49.6 Å². The van der Waals surface area contributed by atoms with Crippen LogP contribution < -0.4 is 5.32 Å². The maximum absolute atomic E-state index is 12.0. The molecule has 0 fully saturated rings. The fourth-order valence-corrected chi connectivity index (χ4v) is 2.01. The molecule has 0 unspecified atom stereocenters. The number of phenols is 1. The van der Waals surface area contributed by atoms with Crippen LogP contribution in [0.1, 0.15) is 16.1 Å². The lowest BCUT2D eigenvalue weighted by Gasteiger charge is -2.07. The van der Waals surface area contributed by atoms with Crippen LogP contribution in [0.3, 0.4) is 0 Å². The van der Waals surface area contributed by atoms with Crippen molar-refractivity contribution in [3.8, 4) is 5.75 Å². The first-order valence-corrected chi connectivity index (χ1v) is 7.27. The number of carbonyl (C=O) groups is 1. The van der Waals surface area contributed by atoms with Crippen LogP contribution >= 0.6 is 38.5 Å². The fourth-order valence-electron chi connectivity index (χ4n) is 1.46. The van der Waals surface area contributed by atoms with Gasteiger partial charge in [0.05, 0.1) is 9.26 Å². The molecular formula is C13H10BrIN2O2. The van der Waals surface area contributed by atoms with Crippen molar-refractivity contribution in [1.82, 2.24) is 4.98 Å². The molecule has 4 nitrogen and oxygen atoms in total. The molecule has 19 heavy (non-hydrogen) atoms. The van der Waals surface area contributed by atoms with Gasteiger partial charge in [-0.15, -0.1) is 0 Å². The maximum atomic E-state index is 12.0. The van der Waals surface area contributed by atoms with Crippen LogP contribution in [-0.2, 0) is 0 Å². The molecule has 0 aliphatic rings. The third-order valence-corrected chi connectivity index (χ3v) is 4.22. The van der Waals surface area contributed by atoms with E-state index >= 15 is 0 Å². The summed E-state index contributed by atoms with van der Waals surface area (Å²) >= 11 is 5.35. The second-order valence-electron chi connectivity index (χ2n) is 3.88. The summed E-state index contributed by atoms with van der Waals surface area (Å²) in [5.41, 5.74) is 1.18. The van der Waals surface area contributed by atoms with Crippen LogP contribution in [0.2, 0.25) is 0 Å². The van der Waals surface area contributed by atoms with Gasteiger partial charge in [-0.25, -0.2) is 4.98 Å². The highest BCUT2D eigenvalue weighted by molar-refractivity contribution is 14.1. The summed E-state index contributed by atoms with van der Waals surface area (Å²) in [6, 6.07) is 8.31. The molecule has 0 saturated carbocycles. The van der Waals surface area contributed by atoms with Crippen molar-refractivity contribution in [3.63, 3.8) is 0 Å². The zero-order chi connectivity index (χ0) is 14.0. The molecule has 0 radical (unpaired) electrons. The highest BCUT2D eigenvalue weighted by Crippen LogP contribution is 2.21. The van der Waals surface area contributed by atoms with E-state index in [9.17, 15) is 9.90 Å². The summed E-state index contributed by atoms with van der Waals surface area (Å²) in [5.74, 6) is 0.262. The Labute approximate surface area is 132 Å². The lowest BCUT2D eigenvalue weighted by molar-refractivity contribution is 0.102. The predicted molar refractivity (Wildman–Crippen MR) is 85.5 cm³/mol. The Morgan fingerprint density at radius 3 is 2.74 bits per heavy atom. The number of aryl methyl sites for hydroxylation is 1. The molecular weight excluding hydrogens is 423 g/mol. The van der Waals surface area contributed by atoms with Crippen LogP contribution in [-0.4, -0.2) is 16.0 Å². The first-order chi connectivity index (χ1) is 8.97. The fraction of sp³-hybridized carbons (Fsp3) is 0.0769. The van der Waals surface area contributed by atoms with Gasteiger partial charge >= 0.3 is 0 Å². The number of pyridine rings is 1. The van der Waals surface area contributed by atoms with E-state index in [1.165, 1.54) is 6.07 Å². The number of nitrogens with one attached hydrogen (secondary N) is 1. The number of rotatable bonds is 2. The van der Waals surface area contributed by atoms with E-state index in [0.717, 1.165) is 10.2 Å². The molecule has 1 aromatic heterocycles. The first kappa shape index (κ1) is 14.3. The SMILES string of the molecule is Cc1nc(NC(=O)c2ccc(I)c(O)c2)ccc1Br. The highest BCUT2D eigenvalue weighted by atomic mass is 127. The topological polar surface area (TPSA) is 62.2 Å². The summed E-state index contributed by atoms with van der Waals surface area (Å²) in [6.45, 7) is 1.84. The van der Waals surface area contributed by atoms with Crippen molar-refractivity contribution in [2.24, 2.45) is 0 Å². The van der Waals surface area contributed by atoms with Gasteiger partial charge in [0.2, 0.25) is 0 Å². The van der Waals surface area contributed by atoms with Crippen LogP contribution in [0.4, 0.5) is 5.82 Å². The molecule has 0 saturated heterocycles. The van der Waals surface area contributed by atoms with E-state index in [2.05, 4.69) is 26.2 Å². The minimum Gasteiger partial charge on any atom is -0.507 e. The number of hydrogen-bond donors (Lipinski definition) is 2. The molecule has 2 N–H and O–H groups in total. The summed E-state index contributed by atoms with van der Waals surface area (Å²) in [6.07, 6.45) is 0. The zero-order valence-electron chi connectivity index (χ0n) is 9.95. The van der Waals surface area contributed by atoms with E-state index in [1.807, 2.05) is 35.6 Å². The Balaban J connectivity index is 2.20. The van der Waals surface area contributed by atoms with E-state index in [-0.39, 0.29) is 11.7 Å². The summed E-state index contributed by atoms with van der Waals surface area (Å²) in [7, 11) is 0. The smallest absolute Gasteiger partial charge is 0.256 e. The molecule has 0 atom stereocenters. The quantitative estimate of drug-likeness (QED) is 0.711. The molecule has 1 aromatic carbocycles. The van der Waals surface area contributed by atoms with Crippen LogP contribution in [0.25, 0.3) is 0 Å². The molecule has 2 rings (SSSR count). The first-order valence-electron chi connectivity index (χ1n) is 5.40. The van der Waals surface area contributed by atoms with Gasteiger partial charge < -0.3 is 10.4 Å². The van der Waals surface area contributed by atoms with Crippen molar-refractivity contribution in [2.45, 2.75) is 6.92 Å². The number of benzene rings is 1. The van der Waals surface area contributed by atoms with Gasteiger partial charge in [0.1, 0.15) is 11.6 Å². The Hall–Kier alpha value is -1.15. The van der Waals surface area contributed by atoms with Gasteiger partial charge in [0.15, 0.2) is 0 Å². The number of phenolic OH excluding ortho intramolecular Hbond substituents is 1. The third kappa shape index (κ3) is 3.44. The standard InChI is InChI=1S/C13H10BrIN2O2/c1-7-9(14)3-5-12(16-7)17-13(19)8-2-4-10(15)11(18)6-8/h2-6,18H,1H3,(H,16,17,19). The second kappa shape index (κ2) is 5.87. The van der Waals surface area contributed by atoms with Crippen molar-refractivity contribution in [2.75, 3.05) is 5.32 Å². The lowest BCUT2D eigenvalue weighted by Crippen LogP contribution is -2.13. The van der Waals surface area contributed by atoms with Gasteiger partial charge in [-0.2, -0.15) is 0 Å². The summed E-state index contributed by atoms with van der Waals surface area (Å²) in [5, 5.41) is 12.3. The Morgan fingerprint density at radius 2 is 2.11 bits per heavy atom. The number of hydrogen-bond acceptors (Lipinski definition) is 3. The molecule has 1 heterocycles. The molecule has 6 heteroatoms. The molecule has 2 aromatic rings. The highest BCUT2D eigenvalue weighted by Gasteiger charge is 2.09. The third-order valence-electron chi connectivity index (χ3n) is 2.47. The van der Waals surface area contributed by atoms with Crippen LogP contribution in [0, 0.1) is 10.5 Å². The largest absolute Gasteiger partial charge is 0.507 e. The number of carbonyl (C=O) groups excluding carboxylic acids is 1. The number of aromatic nitrogens is 1. The Bertz CT molecular complexity index is 647. The summed E-state index contributed by atoms with van der Waals surface area (Å²) < 4.78 is 1.59. The molecule has 98 valence electrons. The number of nitrogens with zero attached hydrogens (tertiary/aromatic N) is 1. The van der Waals surface area contributed by atoms with Crippen molar-refractivity contribution >= 4 is 50.2 Å². The van der Waals surface area contributed by atoms with Crippen LogP contribution in [0.5, 0.6) is 5.75 Å². The average Bonchev–Trinajstić information content (AvgIpc) is 2.37. The minimum absolute atomic E-state index is 0.0909. The predicted octanol–water partition coefficient (Wildman–Crippen LogP) is 3.72. The normalized spacial score (nSPS) is 10.3. The molecule has 0 aliphatic heterocycles. The minimum atomic E-state index is -0.305. The van der Waals surface area contributed by atoms with Gasteiger partial charge in [0, 0.05) is 10.0 Å². The molecule has 0 spiro atoms. The Kier molecular flexibility index (Phi) is 4.41. The zero-order valence-corrected chi connectivity index (χ0v) is 13.7. The van der Waals surface area contributed by atoms with Gasteiger partial charge in [-0.05, 0) is 75.8 Å². The van der Waals surface area contributed by atoms with E-state index in [0.29, 0.717) is 15.0 Å². The number of anilines is 1. The molecule has 0 aliphatic carbocycles. The molecule has 1 amide bonds. The van der Waals surface area contributed by atoms with Gasteiger partial charge in [0.25, 0.3) is 5.91 Å². The molecule has 0 bridgehead atoms. The number of aromatic hydroxyl groups is 1. The van der Waals surface area contributed by atoms with Crippen molar-refractivity contribution in [1.29, 1.82) is 0 Å². The lowest BCUT2D eigenvalue weighted by atomic mass is 10.2. The van der Waals surface area contributed by atoms with E-state index < -0.39 is 0 Å². The average molecular weight is 433 g/mol. The van der Waals surface area contributed by atoms with Gasteiger partial charge in [-0.3, -0.25) is 4.79 Å². The monoisotopic (exact) mass is 432 g/mol.